The molecule has 1 aromatic carbocycles. The maximum Gasteiger partial charge on any atom is 0.123 e. The molecule has 3 atom stereocenters. The van der Waals surface area contributed by atoms with Gasteiger partial charge in [0.15, 0.2) is 0 Å². The molecule has 2 heteroatoms. The monoisotopic (exact) mass is 263 g/mol. The zero-order valence-corrected chi connectivity index (χ0v) is 12.2. The number of halogens is 1. The van der Waals surface area contributed by atoms with Gasteiger partial charge in [-0.1, -0.05) is 31.9 Å². The molecule has 2 rings (SSSR count). The fraction of sp³-hybridized carbons (Fsp3) is 0.647. The number of benzene rings is 1. The maximum absolute atomic E-state index is 13.3. The van der Waals surface area contributed by atoms with Crippen LogP contribution in [0.5, 0.6) is 0 Å². The number of hydrogen-bond acceptors (Lipinski definition) is 1. The smallest absolute Gasteiger partial charge is 0.123 e. The van der Waals surface area contributed by atoms with E-state index in [0.717, 1.165) is 17.9 Å². The van der Waals surface area contributed by atoms with Crippen molar-refractivity contribution in [3.05, 3.63) is 35.6 Å². The lowest BCUT2D eigenvalue weighted by Gasteiger charge is -2.36. The van der Waals surface area contributed by atoms with Crippen LogP contribution in [-0.4, -0.2) is 13.1 Å². The topological polar surface area (TPSA) is 12.0 Å². The van der Waals surface area contributed by atoms with Crippen molar-refractivity contribution in [2.45, 2.75) is 51.5 Å². The average Bonchev–Trinajstić information content (AvgIpc) is 2.39. The van der Waals surface area contributed by atoms with Gasteiger partial charge in [0, 0.05) is 6.04 Å². The van der Waals surface area contributed by atoms with Crippen LogP contribution in [0.2, 0.25) is 0 Å². The first-order chi connectivity index (χ1) is 9.22. The minimum absolute atomic E-state index is 0.112. The highest BCUT2D eigenvalue weighted by molar-refractivity contribution is 5.17. The van der Waals surface area contributed by atoms with Crippen LogP contribution in [0.25, 0.3) is 0 Å². The highest BCUT2D eigenvalue weighted by Crippen LogP contribution is 2.34. The highest BCUT2D eigenvalue weighted by Gasteiger charge is 2.29. The standard InChI is InChI=1S/C17H26FN/c1-3-5-13-8-9-17(19-2)15(10-13)11-14-6-4-7-16(18)12-14/h4,6-7,12-13,15,17,19H,3,5,8-11H2,1-2H3. The van der Waals surface area contributed by atoms with Crippen LogP contribution in [0, 0.1) is 17.7 Å². The molecule has 1 fully saturated rings. The highest BCUT2D eigenvalue weighted by atomic mass is 19.1. The van der Waals surface area contributed by atoms with Gasteiger partial charge >= 0.3 is 0 Å². The van der Waals surface area contributed by atoms with Gasteiger partial charge in [0.1, 0.15) is 5.82 Å². The minimum Gasteiger partial charge on any atom is -0.317 e. The summed E-state index contributed by atoms with van der Waals surface area (Å²) in [4.78, 5) is 0. The van der Waals surface area contributed by atoms with Crippen LogP contribution in [0.15, 0.2) is 24.3 Å². The summed E-state index contributed by atoms with van der Waals surface area (Å²) in [7, 11) is 2.06. The molecule has 0 aliphatic heterocycles. The lowest BCUT2D eigenvalue weighted by molar-refractivity contribution is 0.200. The Bertz CT molecular complexity index is 391. The van der Waals surface area contributed by atoms with Gasteiger partial charge in [-0.25, -0.2) is 4.39 Å². The normalized spacial score (nSPS) is 27.4. The molecule has 3 unspecified atom stereocenters. The summed E-state index contributed by atoms with van der Waals surface area (Å²) in [5.74, 6) is 1.41. The van der Waals surface area contributed by atoms with E-state index in [1.165, 1.54) is 38.2 Å². The zero-order chi connectivity index (χ0) is 13.7. The van der Waals surface area contributed by atoms with Crippen molar-refractivity contribution in [2.75, 3.05) is 7.05 Å². The quantitative estimate of drug-likeness (QED) is 0.840. The van der Waals surface area contributed by atoms with Gasteiger partial charge in [-0.3, -0.25) is 0 Å². The van der Waals surface area contributed by atoms with E-state index < -0.39 is 0 Å². The Labute approximate surface area is 116 Å². The first-order valence-electron chi connectivity index (χ1n) is 7.64. The second-order valence-corrected chi connectivity index (χ2v) is 5.96. The molecule has 1 nitrogen and oxygen atoms in total. The predicted molar refractivity (Wildman–Crippen MR) is 78.7 cm³/mol. The summed E-state index contributed by atoms with van der Waals surface area (Å²) in [6.07, 6.45) is 7.52. The first-order valence-corrected chi connectivity index (χ1v) is 7.64. The van der Waals surface area contributed by atoms with Gasteiger partial charge in [0.2, 0.25) is 0 Å². The van der Waals surface area contributed by atoms with Crippen LogP contribution in [0.4, 0.5) is 4.39 Å². The summed E-state index contributed by atoms with van der Waals surface area (Å²) in [5.41, 5.74) is 1.14. The molecule has 0 saturated heterocycles. The third kappa shape index (κ3) is 4.04. The van der Waals surface area contributed by atoms with E-state index in [4.69, 9.17) is 0 Å². The molecule has 1 aliphatic rings. The van der Waals surface area contributed by atoms with Gasteiger partial charge < -0.3 is 5.32 Å². The van der Waals surface area contributed by atoms with E-state index in [9.17, 15) is 4.39 Å². The van der Waals surface area contributed by atoms with Gasteiger partial charge in [-0.15, -0.1) is 0 Å². The Hall–Kier alpha value is -0.890. The summed E-state index contributed by atoms with van der Waals surface area (Å²) in [6, 6.07) is 7.69. The number of nitrogens with one attached hydrogen (secondary N) is 1. The van der Waals surface area contributed by atoms with Crippen molar-refractivity contribution in [1.29, 1.82) is 0 Å². The Morgan fingerprint density at radius 3 is 2.84 bits per heavy atom. The van der Waals surface area contributed by atoms with Gasteiger partial charge in [-0.05, 0) is 62.3 Å². The lowest BCUT2D eigenvalue weighted by atomic mass is 9.74. The van der Waals surface area contributed by atoms with E-state index in [1.807, 2.05) is 6.07 Å². The minimum atomic E-state index is -0.112. The molecule has 1 aromatic rings. The van der Waals surface area contributed by atoms with Crippen LogP contribution in [0.3, 0.4) is 0 Å². The van der Waals surface area contributed by atoms with Crippen LogP contribution >= 0.6 is 0 Å². The summed E-state index contributed by atoms with van der Waals surface area (Å²) < 4.78 is 13.3. The Balaban J connectivity index is 2.01. The van der Waals surface area contributed by atoms with Gasteiger partial charge in [0.25, 0.3) is 0 Å². The summed E-state index contributed by atoms with van der Waals surface area (Å²) >= 11 is 0. The first kappa shape index (κ1) is 14.5. The van der Waals surface area contributed by atoms with Gasteiger partial charge in [0.05, 0.1) is 0 Å². The second kappa shape index (κ2) is 7.04. The van der Waals surface area contributed by atoms with Crippen molar-refractivity contribution in [2.24, 2.45) is 11.8 Å². The third-order valence-electron chi connectivity index (χ3n) is 4.55. The van der Waals surface area contributed by atoms with Crippen LogP contribution < -0.4 is 5.32 Å². The van der Waals surface area contributed by atoms with E-state index >= 15 is 0 Å². The zero-order valence-electron chi connectivity index (χ0n) is 12.2. The van der Waals surface area contributed by atoms with Crippen LogP contribution in [0.1, 0.15) is 44.6 Å². The molecule has 0 aromatic heterocycles. The lowest BCUT2D eigenvalue weighted by Crippen LogP contribution is -2.39. The predicted octanol–water partition coefficient (Wildman–Crippen LogP) is 4.17. The third-order valence-corrected chi connectivity index (χ3v) is 4.55. The van der Waals surface area contributed by atoms with Crippen molar-refractivity contribution >= 4 is 0 Å². The van der Waals surface area contributed by atoms with E-state index in [2.05, 4.69) is 25.4 Å². The Kier molecular flexibility index (Phi) is 5.38. The molecular weight excluding hydrogens is 237 g/mol. The molecule has 0 heterocycles. The molecule has 1 aliphatic carbocycles. The van der Waals surface area contributed by atoms with E-state index in [1.54, 1.807) is 6.07 Å². The molecule has 0 radical (unpaired) electrons. The molecule has 0 spiro atoms. The van der Waals surface area contributed by atoms with Crippen LogP contribution in [-0.2, 0) is 6.42 Å². The van der Waals surface area contributed by atoms with E-state index in [-0.39, 0.29) is 5.82 Å². The Morgan fingerprint density at radius 2 is 2.16 bits per heavy atom. The Morgan fingerprint density at radius 1 is 1.32 bits per heavy atom. The molecule has 106 valence electrons. The molecule has 1 N–H and O–H groups in total. The number of hydrogen-bond donors (Lipinski definition) is 1. The maximum atomic E-state index is 13.3. The van der Waals surface area contributed by atoms with Crippen molar-refractivity contribution in [3.63, 3.8) is 0 Å². The molecule has 1 saturated carbocycles. The van der Waals surface area contributed by atoms with Gasteiger partial charge in [-0.2, -0.15) is 0 Å². The fourth-order valence-electron chi connectivity index (χ4n) is 3.60. The number of rotatable bonds is 5. The largest absolute Gasteiger partial charge is 0.317 e. The molecule has 0 amide bonds. The second-order valence-electron chi connectivity index (χ2n) is 5.96. The molecule has 0 bridgehead atoms. The summed E-state index contributed by atoms with van der Waals surface area (Å²) in [6.45, 7) is 2.27. The SMILES string of the molecule is CCCC1CCC(NC)C(Cc2cccc(F)c2)C1. The van der Waals surface area contributed by atoms with Crippen molar-refractivity contribution in [1.82, 2.24) is 5.32 Å². The molecule has 19 heavy (non-hydrogen) atoms. The van der Waals surface area contributed by atoms with Crippen molar-refractivity contribution in [3.8, 4) is 0 Å². The van der Waals surface area contributed by atoms with E-state index in [0.29, 0.717) is 12.0 Å². The average molecular weight is 263 g/mol. The molecular formula is C17H26FN. The van der Waals surface area contributed by atoms with Crippen molar-refractivity contribution < 1.29 is 4.39 Å². The fourth-order valence-corrected chi connectivity index (χ4v) is 3.60. The summed E-state index contributed by atoms with van der Waals surface area (Å²) in [5, 5.41) is 3.46.